The second kappa shape index (κ2) is 6.49. The Balaban J connectivity index is 1.75. The van der Waals surface area contributed by atoms with E-state index in [0.717, 1.165) is 27.9 Å². The Labute approximate surface area is 134 Å². The lowest BCUT2D eigenvalue weighted by atomic mass is 10.2. The average molecular weight is 309 g/mol. The molecule has 2 heterocycles. The first-order chi connectivity index (χ1) is 10.8. The molecule has 4 nitrogen and oxygen atoms in total. The maximum absolute atomic E-state index is 5.43. The van der Waals surface area contributed by atoms with Crippen LogP contribution in [0.15, 0.2) is 54.9 Å². The van der Waals surface area contributed by atoms with Gasteiger partial charge in [0.1, 0.15) is 10.7 Å². The van der Waals surface area contributed by atoms with Gasteiger partial charge in [-0.15, -0.1) is 0 Å². The minimum Gasteiger partial charge on any atom is -0.496 e. The molecule has 1 aromatic carbocycles. The predicted molar refractivity (Wildman–Crippen MR) is 91.1 cm³/mol. The molecule has 0 amide bonds. The zero-order valence-corrected chi connectivity index (χ0v) is 12.9. The van der Waals surface area contributed by atoms with Gasteiger partial charge in [0, 0.05) is 29.9 Å². The van der Waals surface area contributed by atoms with Gasteiger partial charge in [-0.05, 0) is 24.3 Å². The summed E-state index contributed by atoms with van der Waals surface area (Å²) in [6.45, 7) is 0.596. The predicted octanol–water partition coefficient (Wildman–Crippen LogP) is 3.10. The van der Waals surface area contributed by atoms with Gasteiger partial charge >= 0.3 is 0 Å². The van der Waals surface area contributed by atoms with Crippen molar-refractivity contribution in [2.75, 3.05) is 7.11 Å². The van der Waals surface area contributed by atoms with E-state index in [4.69, 9.17) is 17.0 Å². The molecular weight excluding hydrogens is 294 g/mol. The van der Waals surface area contributed by atoms with Gasteiger partial charge in [0.2, 0.25) is 0 Å². The monoisotopic (exact) mass is 309 g/mol. The van der Waals surface area contributed by atoms with Crippen LogP contribution in [0, 0.1) is 0 Å². The first-order valence-corrected chi connectivity index (χ1v) is 7.29. The Bertz CT molecular complexity index is 820. The molecule has 0 aliphatic carbocycles. The molecular formula is C17H15N3OS. The van der Waals surface area contributed by atoms with Crippen LogP contribution in [0.4, 0.5) is 0 Å². The molecule has 22 heavy (non-hydrogen) atoms. The van der Waals surface area contributed by atoms with Gasteiger partial charge in [-0.25, -0.2) is 4.98 Å². The fourth-order valence-electron chi connectivity index (χ4n) is 2.21. The van der Waals surface area contributed by atoms with Gasteiger partial charge in [0.25, 0.3) is 0 Å². The average Bonchev–Trinajstić information content (AvgIpc) is 2.59. The lowest BCUT2D eigenvalue weighted by Crippen LogP contribution is -2.23. The topological polar surface area (TPSA) is 47.0 Å². The van der Waals surface area contributed by atoms with Crippen LogP contribution in [-0.4, -0.2) is 22.1 Å². The Morgan fingerprint density at radius 3 is 2.91 bits per heavy atom. The third-order valence-corrected chi connectivity index (χ3v) is 3.71. The molecule has 0 saturated heterocycles. The molecule has 0 saturated carbocycles. The highest BCUT2D eigenvalue weighted by atomic mass is 32.1. The third kappa shape index (κ3) is 3.04. The number of pyridine rings is 2. The zero-order chi connectivity index (χ0) is 15.4. The number of para-hydroxylation sites is 1. The third-order valence-electron chi connectivity index (χ3n) is 3.35. The summed E-state index contributed by atoms with van der Waals surface area (Å²) >= 11 is 5.43. The van der Waals surface area contributed by atoms with Gasteiger partial charge in [-0.1, -0.05) is 30.4 Å². The molecule has 0 atom stereocenters. The van der Waals surface area contributed by atoms with Gasteiger partial charge in [-0.3, -0.25) is 4.98 Å². The summed E-state index contributed by atoms with van der Waals surface area (Å²) in [4.78, 5) is 9.25. The Morgan fingerprint density at radius 1 is 1.18 bits per heavy atom. The van der Waals surface area contributed by atoms with Gasteiger partial charge < -0.3 is 10.1 Å². The molecule has 0 fully saturated rings. The van der Waals surface area contributed by atoms with Crippen molar-refractivity contribution in [1.82, 2.24) is 15.3 Å². The molecule has 0 aliphatic rings. The number of benzene rings is 1. The Hall–Kier alpha value is -2.53. The van der Waals surface area contributed by atoms with E-state index in [1.165, 1.54) is 0 Å². The minimum absolute atomic E-state index is 0.596. The highest BCUT2D eigenvalue weighted by Gasteiger charge is 2.06. The number of thiocarbonyl (C=S) groups is 1. The number of nitrogens with zero attached hydrogens (tertiary/aromatic N) is 2. The van der Waals surface area contributed by atoms with E-state index in [1.807, 2.05) is 42.5 Å². The van der Waals surface area contributed by atoms with E-state index >= 15 is 0 Å². The van der Waals surface area contributed by atoms with Crippen molar-refractivity contribution < 1.29 is 4.74 Å². The van der Waals surface area contributed by atoms with Crippen molar-refractivity contribution in [3.05, 3.63) is 66.1 Å². The molecule has 0 bridgehead atoms. The molecule has 5 heteroatoms. The fourth-order valence-corrected chi connectivity index (χ4v) is 2.39. The van der Waals surface area contributed by atoms with Crippen molar-refractivity contribution in [3.8, 4) is 5.75 Å². The number of ether oxygens (including phenoxy) is 1. The van der Waals surface area contributed by atoms with Crippen LogP contribution < -0.4 is 10.1 Å². The summed E-state index contributed by atoms with van der Waals surface area (Å²) in [6, 6.07) is 13.6. The zero-order valence-electron chi connectivity index (χ0n) is 12.1. The van der Waals surface area contributed by atoms with Crippen molar-refractivity contribution in [3.63, 3.8) is 0 Å². The molecule has 2 aromatic heterocycles. The summed E-state index contributed by atoms with van der Waals surface area (Å²) in [5.41, 5.74) is 2.69. The van der Waals surface area contributed by atoms with Crippen molar-refractivity contribution in [1.29, 1.82) is 0 Å². The summed E-state index contributed by atoms with van der Waals surface area (Å²) in [6.07, 6.45) is 3.52. The second-order valence-corrected chi connectivity index (χ2v) is 5.17. The number of rotatable bonds is 4. The van der Waals surface area contributed by atoms with E-state index in [1.54, 1.807) is 19.5 Å². The van der Waals surface area contributed by atoms with E-state index in [9.17, 15) is 0 Å². The molecule has 1 N–H and O–H groups in total. The first kappa shape index (κ1) is 14.4. The quantitative estimate of drug-likeness (QED) is 0.750. The smallest absolute Gasteiger partial charge is 0.125 e. The van der Waals surface area contributed by atoms with E-state index in [0.29, 0.717) is 11.5 Å². The number of hydrogen-bond donors (Lipinski definition) is 1. The lowest BCUT2D eigenvalue weighted by Gasteiger charge is -2.11. The molecule has 110 valence electrons. The van der Waals surface area contributed by atoms with Crippen LogP contribution in [0.5, 0.6) is 5.75 Å². The SMILES string of the molecule is COc1ccccc1CNC(=S)c1ccc2cnccc2n1. The maximum Gasteiger partial charge on any atom is 0.125 e. The molecule has 0 aliphatic heterocycles. The van der Waals surface area contributed by atoms with Crippen LogP contribution >= 0.6 is 12.2 Å². The second-order valence-electron chi connectivity index (χ2n) is 4.76. The number of nitrogens with one attached hydrogen (secondary N) is 1. The minimum atomic E-state index is 0.596. The van der Waals surface area contributed by atoms with Crippen LogP contribution in [0.25, 0.3) is 10.9 Å². The van der Waals surface area contributed by atoms with Crippen LogP contribution in [0.2, 0.25) is 0 Å². The highest BCUT2D eigenvalue weighted by Crippen LogP contribution is 2.17. The summed E-state index contributed by atoms with van der Waals surface area (Å²) in [5.74, 6) is 0.843. The molecule has 3 aromatic rings. The first-order valence-electron chi connectivity index (χ1n) is 6.89. The Morgan fingerprint density at radius 2 is 2.05 bits per heavy atom. The lowest BCUT2D eigenvalue weighted by molar-refractivity contribution is 0.409. The number of hydrogen-bond acceptors (Lipinski definition) is 4. The number of aromatic nitrogens is 2. The molecule has 3 rings (SSSR count). The van der Waals surface area contributed by atoms with Crippen LogP contribution in [0.3, 0.4) is 0 Å². The largest absolute Gasteiger partial charge is 0.496 e. The van der Waals surface area contributed by atoms with Crippen LogP contribution in [0.1, 0.15) is 11.3 Å². The molecule has 0 radical (unpaired) electrons. The molecule has 0 spiro atoms. The van der Waals surface area contributed by atoms with E-state index in [2.05, 4.69) is 15.3 Å². The highest BCUT2D eigenvalue weighted by molar-refractivity contribution is 7.80. The normalized spacial score (nSPS) is 10.4. The van der Waals surface area contributed by atoms with E-state index in [-0.39, 0.29) is 0 Å². The fraction of sp³-hybridized carbons (Fsp3) is 0.118. The summed E-state index contributed by atoms with van der Waals surface area (Å²) in [7, 11) is 1.66. The Kier molecular flexibility index (Phi) is 4.25. The standard InChI is InChI=1S/C17H15N3OS/c1-21-16-5-3-2-4-13(16)11-19-17(22)15-7-6-12-10-18-9-8-14(12)20-15/h2-10H,11H2,1H3,(H,19,22). The van der Waals surface area contributed by atoms with Crippen molar-refractivity contribution in [2.45, 2.75) is 6.54 Å². The summed E-state index contributed by atoms with van der Waals surface area (Å²) in [5, 5.41) is 4.23. The van der Waals surface area contributed by atoms with Gasteiger partial charge in [-0.2, -0.15) is 0 Å². The summed E-state index contributed by atoms with van der Waals surface area (Å²) < 4.78 is 5.34. The number of fused-ring (bicyclic) bond motifs is 1. The van der Waals surface area contributed by atoms with Crippen molar-refractivity contribution in [2.24, 2.45) is 0 Å². The van der Waals surface area contributed by atoms with E-state index < -0.39 is 0 Å². The van der Waals surface area contributed by atoms with Gasteiger partial charge in [0.15, 0.2) is 0 Å². The number of methoxy groups -OCH3 is 1. The van der Waals surface area contributed by atoms with Gasteiger partial charge in [0.05, 0.1) is 18.3 Å². The van der Waals surface area contributed by atoms with Crippen LogP contribution in [-0.2, 0) is 6.54 Å². The maximum atomic E-state index is 5.43. The van der Waals surface area contributed by atoms with Crippen molar-refractivity contribution >= 4 is 28.1 Å². The molecule has 0 unspecified atom stereocenters.